The van der Waals surface area contributed by atoms with Crippen LogP contribution in [0.15, 0.2) is 18.5 Å². The minimum atomic E-state index is -0.00229. The number of hydrogen-bond acceptors (Lipinski definition) is 3. The summed E-state index contributed by atoms with van der Waals surface area (Å²) in [5, 5.41) is 6.47. The van der Waals surface area contributed by atoms with E-state index in [9.17, 15) is 4.79 Å². The highest BCUT2D eigenvalue weighted by atomic mass is 35.5. The Bertz CT molecular complexity index is 393. The molecule has 1 aromatic heterocycles. The first-order valence-corrected chi connectivity index (χ1v) is 5.67. The van der Waals surface area contributed by atoms with Crippen molar-refractivity contribution in [3.63, 3.8) is 0 Å². The summed E-state index contributed by atoms with van der Waals surface area (Å²) in [5.41, 5.74) is 0.577. The second kappa shape index (κ2) is 4.80. The summed E-state index contributed by atoms with van der Waals surface area (Å²) in [5.74, 6) is 0.425. The number of pyridine rings is 1. The number of aromatic nitrogens is 1. The van der Waals surface area contributed by atoms with E-state index < -0.39 is 0 Å². The van der Waals surface area contributed by atoms with E-state index in [1.165, 1.54) is 0 Å². The third-order valence-corrected chi connectivity index (χ3v) is 3.29. The molecule has 0 saturated carbocycles. The summed E-state index contributed by atoms with van der Waals surface area (Å²) in [7, 11) is 0. The average molecular weight is 240 g/mol. The normalized spacial score (nSPS) is 17.6. The van der Waals surface area contributed by atoms with Crippen LogP contribution in [0.3, 0.4) is 0 Å². The van der Waals surface area contributed by atoms with Gasteiger partial charge in [-0.2, -0.15) is 0 Å². The smallest absolute Gasteiger partial charge is 0.227 e. The van der Waals surface area contributed by atoms with Crippen LogP contribution in [0.2, 0.25) is 5.02 Å². The summed E-state index contributed by atoms with van der Waals surface area (Å²) in [6.45, 7) is 3.76. The maximum Gasteiger partial charge on any atom is 0.227 e. The molecule has 0 aliphatic carbocycles. The van der Waals surface area contributed by atoms with Crippen molar-refractivity contribution in [2.75, 3.05) is 18.4 Å². The molecule has 2 rings (SSSR count). The van der Waals surface area contributed by atoms with Crippen molar-refractivity contribution in [2.45, 2.75) is 6.92 Å². The van der Waals surface area contributed by atoms with Gasteiger partial charge in [0.15, 0.2) is 0 Å². The second-order valence-electron chi connectivity index (χ2n) is 4.05. The molecule has 2 heterocycles. The molecular formula is C11H14ClN3O. The zero-order valence-corrected chi connectivity index (χ0v) is 9.79. The first-order valence-electron chi connectivity index (χ1n) is 5.29. The Hall–Kier alpha value is -1.13. The minimum Gasteiger partial charge on any atom is -0.323 e. The Morgan fingerprint density at radius 2 is 2.44 bits per heavy atom. The monoisotopic (exact) mass is 239 g/mol. The fraction of sp³-hybridized carbons (Fsp3) is 0.455. The molecule has 0 aromatic carbocycles. The van der Waals surface area contributed by atoms with E-state index in [0.29, 0.717) is 16.6 Å². The molecule has 5 heteroatoms. The second-order valence-corrected chi connectivity index (χ2v) is 4.46. The van der Waals surface area contributed by atoms with Gasteiger partial charge in [0.1, 0.15) is 0 Å². The van der Waals surface area contributed by atoms with Crippen molar-refractivity contribution in [3.8, 4) is 0 Å². The molecular weight excluding hydrogens is 226 g/mol. The minimum absolute atomic E-state index is 0.00130. The Morgan fingerprint density at radius 1 is 1.69 bits per heavy atom. The van der Waals surface area contributed by atoms with Gasteiger partial charge in [-0.1, -0.05) is 18.5 Å². The molecule has 0 radical (unpaired) electrons. The van der Waals surface area contributed by atoms with Crippen LogP contribution in [0.5, 0.6) is 0 Å². The van der Waals surface area contributed by atoms with Gasteiger partial charge >= 0.3 is 0 Å². The molecule has 4 nitrogen and oxygen atoms in total. The van der Waals surface area contributed by atoms with E-state index in [-0.39, 0.29) is 11.8 Å². The van der Waals surface area contributed by atoms with Gasteiger partial charge in [0.2, 0.25) is 5.91 Å². The lowest BCUT2D eigenvalue weighted by Crippen LogP contribution is -2.48. The number of rotatable bonds is 3. The molecule has 1 aliphatic rings. The largest absolute Gasteiger partial charge is 0.323 e. The van der Waals surface area contributed by atoms with Gasteiger partial charge in [-0.25, -0.2) is 0 Å². The summed E-state index contributed by atoms with van der Waals surface area (Å²) < 4.78 is 0. The van der Waals surface area contributed by atoms with E-state index in [1.807, 2.05) is 6.92 Å². The Balaban J connectivity index is 1.99. The highest BCUT2D eigenvalue weighted by Crippen LogP contribution is 2.22. The molecule has 86 valence electrons. The van der Waals surface area contributed by atoms with Crippen molar-refractivity contribution in [1.82, 2.24) is 10.3 Å². The predicted octanol–water partition coefficient (Wildman–Crippen LogP) is 1.53. The van der Waals surface area contributed by atoms with E-state index in [0.717, 1.165) is 13.1 Å². The van der Waals surface area contributed by atoms with Crippen molar-refractivity contribution in [2.24, 2.45) is 11.8 Å². The van der Waals surface area contributed by atoms with Crippen LogP contribution in [-0.2, 0) is 4.79 Å². The molecule has 1 amide bonds. The van der Waals surface area contributed by atoms with Gasteiger partial charge in [0.25, 0.3) is 0 Å². The van der Waals surface area contributed by atoms with Gasteiger partial charge in [-0.3, -0.25) is 9.78 Å². The van der Waals surface area contributed by atoms with Crippen LogP contribution >= 0.6 is 11.6 Å². The molecule has 1 unspecified atom stereocenters. The molecule has 1 aliphatic heterocycles. The predicted molar refractivity (Wildman–Crippen MR) is 63.4 cm³/mol. The number of halogens is 1. The van der Waals surface area contributed by atoms with Crippen LogP contribution in [0.4, 0.5) is 5.69 Å². The lowest BCUT2D eigenvalue weighted by atomic mass is 9.88. The Labute approximate surface area is 99.4 Å². The molecule has 1 saturated heterocycles. The molecule has 0 bridgehead atoms. The van der Waals surface area contributed by atoms with E-state index in [2.05, 4.69) is 15.6 Å². The van der Waals surface area contributed by atoms with E-state index in [1.54, 1.807) is 18.5 Å². The number of carbonyl (C=O) groups excluding carboxylic acids is 1. The maximum atomic E-state index is 11.9. The van der Waals surface area contributed by atoms with Crippen molar-refractivity contribution < 1.29 is 4.79 Å². The summed E-state index contributed by atoms with van der Waals surface area (Å²) in [6.07, 6.45) is 3.16. The first kappa shape index (κ1) is 11.4. The summed E-state index contributed by atoms with van der Waals surface area (Å²) in [4.78, 5) is 15.8. The fourth-order valence-corrected chi connectivity index (χ4v) is 1.75. The van der Waals surface area contributed by atoms with Crippen LogP contribution in [0.1, 0.15) is 6.92 Å². The van der Waals surface area contributed by atoms with Crippen LogP contribution < -0.4 is 10.6 Å². The Morgan fingerprint density at radius 3 is 3.00 bits per heavy atom. The summed E-state index contributed by atoms with van der Waals surface area (Å²) in [6, 6.07) is 1.66. The highest BCUT2D eigenvalue weighted by Gasteiger charge is 2.28. The van der Waals surface area contributed by atoms with Gasteiger partial charge in [0.05, 0.1) is 16.9 Å². The van der Waals surface area contributed by atoms with Gasteiger partial charge in [-0.05, 0) is 25.1 Å². The first-order chi connectivity index (χ1) is 7.68. The van der Waals surface area contributed by atoms with Crippen LogP contribution in [-0.4, -0.2) is 24.0 Å². The molecule has 1 fully saturated rings. The topological polar surface area (TPSA) is 54.0 Å². The fourth-order valence-electron chi connectivity index (χ4n) is 1.59. The lowest BCUT2D eigenvalue weighted by molar-refractivity contribution is -0.121. The molecule has 16 heavy (non-hydrogen) atoms. The lowest BCUT2D eigenvalue weighted by Gasteiger charge is -2.31. The van der Waals surface area contributed by atoms with Gasteiger partial charge in [-0.15, -0.1) is 0 Å². The SMILES string of the molecule is CC(C(=O)Nc1cnccc1Cl)C1CNC1. The van der Waals surface area contributed by atoms with Crippen LogP contribution in [0.25, 0.3) is 0 Å². The van der Waals surface area contributed by atoms with Gasteiger partial charge in [0, 0.05) is 12.1 Å². The molecule has 0 spiro atoms. The zero-order valence-electron chi connectivity index (χ0n) is 9.03. The number of carbonyl (C=O) groups is 1. The van der Waals surface area contributed by atoms with Crippen molar-refractivity contribution in [3.05, 3.63) is 23.5 Å². The zero-order chi connectivity index (χ0) is 11.5. The quantitative estimate of drug-likeness (QED) is 0.841. The standard InChI is InChI=1S/C11H14ClN3O/c1-7(8-4-14-5-8)11(16)15-10-6-13-3-2-9(10)12/h2-3,6-8,14H,4-5H2,1H3,(H,15,16). The number of anilines is 1. The average Bonchev–Trinajstić information content (AvgIpc) is 2.18. The molecule has 1 atom stereocenters. The maximum absolute atomic E-state index is 11.9. The third kappa shape index (κ3) is 2.33. The number of amides is 1. The van der Waals surface area contributed by atoms with Gasteiger partial charge < -0.3 is 10.6 Å². The van der Waals surface area contributed by atoms with E-state index >= 15 is 0 Å². The van der Waals surface area contributed by atoms with Crippen LogP contribution in [0, 0.1) is 11.8 Å². The third-order valence-electron chi connectivity index (χ3n) is 2.96. The molecule has 1 aromatic rings. The number of nitrogens with one attached hydrogen (secondary N) is 2. The summed E-state index contributed by atoms with van der Waals surface area (Å²) >= 11 is 5.93. The van der Waals surface area contributed by atoms with Crippen molar-refractivity contribution >= 4 is 23.2 Å². The number of nitrogens with zero attached hydrogens (tertiary/aromatic N) is 1. The number of hydrogen-bond donors (Lipinski definition) is 2. The Kier molecular flexibility index (Phi) is 3.41. The highest BCUT2D eigenvalue weighted by molar-refractivity contribution is 6.33. The van der Waals surface area contributed by atoms with E-state index in [4.69, 9.17) is 11.6 Å². The molecule has 2 N–H and O–H groups in total. The van der Waals surface area contributed by atoms with Crippen molar-refractivity contribution in [1.29, 1.82) is 0 Å².